The van der Waals surface area contributed by atoms with E-state index in [1.165, 1.54) is 0 Å². The van der Waals surface area contributed by atoms with Crippen molar-refractivity contribution < 1.29 is 0 Å². The lowest BCUT2D eigenvalue weighted by Crippen LogP contribution is -1.95. The summed E-state index contributed by atoms with van der Waals surface area (Å²) in [6.07, 6.45) is 5.29. The number of benzene rings is 1. The van der Waals surface area contributed by atoms with Crippen LogP contribution in [0.3, 0.4) is 0 Å². The van der Waals surface area contributed by atoms with Crippen molar-refractivity contribution in [1.29, 1.82) is 0 Å². The van der Waals surface area contributed by atoms with Crippen LogP contribution in [0.25, 0.3) is 28.1 Å². The van der Waals surface area contributed by atoms with Gasteiger partial charge in [-0.1, -0.05) is 12.1 Å². The number of imidazole rings is 1. The van der Waals surface area contributed by atoms with Crippen molar-refractivity contribution >= 4 is 16.7 Å². The quantitative estimate of drug-likeness (QED) is 0.610. The van der Waals surface area contributed by atoms with Gasteiger partial charge in [-0.05, 0) is 30.7 Å². The second kappa shape index (κ2) is 5.24. The molecule has 0 aliphatic rings. The molecule has 0 radical (unpaired) electrons. The Morgan fingerprint density at radius 1 is 1.09 bits per heavy atom. The monoisotopic (exact) mass is 304 g/mol. The van der Waals surface area contributed by atoms with Gasteiger partial charge in [0.15, 0.2) is 5.82 Å². The second-order valence-corrected chi connectivity index (χ2v) is 5.39. The number of aromatic nitrogens is 5. The molecule has 0 unspecified atom stereocenters. The highest BCUT2D eigenvalue weighted by molar-refractivity contribution is 5.88. The third-order valence-corrected chi connectivity index (χ3v) is 3.85. The van der Waals surface area contributed by atoms with Crippen LogP contribution in [0.1, 0.15) is 5.69 Å². The van der Waals surface area contributed by atoms with Gasteiger partial charge in [0.25, 0.3) is 0 Å². The van der Waals surface area contributed by atoms with Crippen molar-refractivity contribution in [2.24, 2.45) is 0 Å². The molecule has 3 heterocycles. The first-order chi connectivity index (χ1) is 11.2. The maximum absolute atomic E-state index is 4.41. The number of nitrogens with one attached hydrogen (secondary N) is 2. The number of fused-ring (bicyclic) bond motifs is 1. The minimum absolute atomic E-state index is 0.814. The van der Waals surface area contributed by atoms with Gasteiger partial charge in [0, 0.05) is 24.6 Å². The summed E-state index contributed by atoms with van der Waals surface area (Å²) in [5, 5.41) is 4.09. The molecule has 3 aromatic heterocycles. The molecule has 0 aliphatic heterocycles. The zero-order valence-electron chi connectivity index (χ0n) is 12.9. The highest BCUT2D eigenvalue weighted by atomic mass is 15.1. The molecule has 0 saturated carbocycles. The van der Waals surface area contributed by atoms with Gasteiger partial charge in [-0.25, -0.2) is 15.0 Å². The summed E-state index contributed by atoms with van der Waals surface area (Å²) < 4.78 is 1.92. The molecular weight excluding hydrogens is 288 g/mol. The molecule has 0 saturated heterocycles. The van der Waals surface area contributed by atoms with E-state index in [4.69, 9.17) is 0 Å². The van der Waals surface area contributed by atoms with E-state index in [0.717, 1.165) is 39.5 Å². The first-order valence-electron chi connectivity index (χ1n) is 7.37. The van der Waals surface area contributed by atoms with Gasteiger partial charge in [-0.2, -0.15) is 0 Å². The van der Waals surface area contributed by atoms with Crippen LogP contribution in [0.4, 0.5) is 5.69 Å². The Bertz CT molecular complexity index is 964. The van der Waals surface area contributed by atoms with E-state index >= 15 is 0 Å². The summed E-state index contributed by atoms with van der Waals surface area (Å²) in [7, 11) is 1.91. The largest absolute Gasteiger partial charge is 0.388 e. The fourth-order valence-electron chi connectivity index (χ4n) is 2.64. The molecule has 2 N–H and O–H groups in total. The van der Waals surface area contributed by atoms with Crippen LogP contribution < -0.4 is 5.32 Å². The van der Waals surface area contributed by atoms with Crippen LogP contribution in [0.5, 0.6) is 0 Å². The van der Waals surface area contributed by atoms with Crippen LogP contribution >= 0.6 is 0 Å². The maximum atomic E-state index is 4.41. The molecule has 1 aromatic carbocycles. The van der Waals surface area contributed by atoms with Crippen molar-refractivity contribution in [2.75, 3.05) is 12.4 Å². The highest BCUT2D eigenvalue weighted by Crippen LogP contribution is 2.27. The molecule has 0 amide bonds. The van der Waals surface area contributed by atoms with Crippen molar-refractivity contribution in [1.82, 2.24) is 24.5 Å². The summed E-state index contributed by atoms with van der Waals surface area (Å²) in [5.74, 6) is 0.824. The van der Waals surface area contributed by atoms with Crippen LogP contribution in [0.2, 0.25) is 0 Å². The van der Waals surface area contributed by atoms with Crippen LogP contribution in [-0.4, -0.2) is 31.6 Å². The van der Waals surface area contributed by atoms with Crippen LogP contribution in [0, 0.1) is 6.92 Å². The lowest BCUT2D eigenvalue weighted by atomic mass is 10.1. The molecule has 0 atom stereocenters. The van der Waals surface area contributed by atoms with Crippen molar-refractivity contribution in [3.8, 4) is 17.1 Å². The van der Waals surface area contributed by atoms with Crippen molar-refractivity contribution in [2.45, 2.75) is 6.92 Å². The number of anilines is 1. The first kappa shape index (κ1) is 13.5. The molecule has 6 heteroatoms. The number of aryl methyl sites for hydroxylation is 1. The Balaban J connectivity index is 1.84. The standard InChI is InChI=1S/C17H16N6/c1-11-8-23(10-21-11)17-14-7-15(22-16(14)19-9-20-17)12-3-5-13(18-2)6-4-12/h3-10,18H,1-2H3,(H,19,20,22). The van der Waals surface area contributed by atoms with Crippen LogP contribution in [0.15, 0.2) is 49.2 Å². The molecule has 114 valence electrons. The Labute approximate surface area is 133 Å². The van der Waals surface area contributed by atoms with Gasteiger partial charge in [-0.3, -0.25) is 4.57 Å². The van der Waals surface area contributed by atoms with Gasteiger partial charge in [0.05, 0.1) is 11.1 Å². The van der Waals surface area contributed by atoms with Gasteiger partial charge in [0.1, 0.15) is 18.3 Å². The normalized spacial score (nSPS) is 11.0. The average Bonchev–Trinajstić information content (AvgIpc) is 3.20. The predicted octanol–water partition coefficient (Wildman–Crippen LogP) is 3.16. The lowest BCUT2D eigenvalue weighted by Gasteiger charge is -2.01. The molecular formula is C17H16N6. The fraction of sp³-hybridized carbons (Fsp3) is 0.118. The van der Waals surface area contributed by atoms with Crippen LogP contribution in [-0.2, 0) is 0 Å². The van der Waals surface area contributed by atoms with E-state index in [9.17, 15) is 0 Å². The van der Waals surface area contributed by atoms with Gasteiger partial charge < -0.3 is 10.3 Å². The molecule has 4 rings (SSSR count). The number of aromatic amines is 1. The smallest absolute Gasteiger partial charge is 0.150 e. The average molecular weight is 304 g/mol. The van der Waals surface area contributed by atoms with E-state index in [2.05, 4.69) is 43.5 Å². The SMILES string of the molecule is CNc1ccc(-c2cc3c(-n4cnc(C)c4)ncnc3[nH]2)cc1. The molecule has 0 fully saturated rings. The van der Waals surface area contributed by atoms with E-state index in [-0.39, 0.29) is 0 Å². The number of nitrogens with zero attached hydrogens (tertiary/aromatic N) is 4. The topological polar surface area (TPSA) is 71.4 Å². The molecule has 0 aliphatic carbocycles. The minimum atomic E-state index is 0.814. The lowest BCUT2D eigenvalue weighted by molar-refractivity contribution is 0.992. The number of rotatable bonds is 3. The van der Waals surface area contributed by atoms with Gasteiger partial charge >= 0.3 is 0 Å². The van der Waals surface area contributed by atoms with Crippen molar-refractivity contribution in [3.63, 3.8) is 0 Å². The molecule has 0 spiro atoms. The van der Waals surface area contributed by atoms with Gasteiger partial charge in [-0.15, -0.1) is 0 Å². The molecule has 23 heavy (non-hydrogen) atoms. The van der Waals surface area contributed by atoms with Gasteiger partial charge in [0.2, 0.25) is 0 Å². The summed E-state index contributed by atoms with van der Waals surface area (Å²) in [6.45, 7) is 1.96. The number of hydrogen-bond donors (Lipinski definition) is 2. The maximum Gasteiger partial charge on any atom is 0.150 e. The third-order valence-electron chi connectivity index (χ3n) is 3.85. The zero-order chi connectivity index (χ0) is 15.8. The molecule has 4 aromatic rings. The third kappa shape index (κ3) is 2.34. The first-order valence-corrected chi connectivity index (χ1v) is 7.37. The van der Waals surface area contributed by atoms with E-state index in [1.54, 1.807) is 12.7 Å². The zero-order valence-corrected chi connectivity index (χ0v) is 12.9. The Morgan fingerprint density at radius 3 is 2.61 bits per heavy atom. The summed E-state index contributed by atoms with van der Waals surface area (Å²) in [6, 6.07) is 10.3. The summed E-state index contributed by atoms with van der Waals surface area (Å²) in [5.41, 5.74) is 4.97. The second-order valence-electron chi connectivity index (χ2n) is 5.39. The fourth-order valence-corrected chi connectivity index (χ4v) is 2.64. The number of H-pyrrole nitrogens is 1. The minimum Gasteiger partial charge on any atom is -0.388 e. The van der Waals surface area contributed by atoms with E-state index < -0.39 is 0 Å². The molecule has 6 nitrogen and oxygen atoms in total. The Hall–Kier alpha value is -3.15. The van der Waals surface area contributed by atoms with E-state index in [1.807, 2.05) is 36.9 Å². The Kier molecular flexibility index (Phi) is 3.08. The number of hydrogen-bond acceptors (Lipinski definition) is 4. The van der Waals surface area contributed by atoms with Crippen molar-refractivity contribution in [3.05, 3.63) is 54.9 Å². The molecule has 0 bridgehead atoms. The summed E-state index contributed by atoms with van der Waals surface area (Å²) in [4.78, 5) is 16.4. The summed E-state index contributed by atoms with van der Waals surface area (Å²) >= 11 is 0. The van der Waals surface area contributed by atoms with E-state index in [0.29, 0.717) is 0 Å². The Morgan fingerprint density at radius 2 is 1.91 bits per heavy atom. The highest BCUT2D eigenvalue weighted by Gasteiger charge is 2.11. The predicted molar refractivity (Wildman–Crippen MR) is 90.7 cm³/mol.